The second-order valence-corrected chi connectivity index (χ2v) is 8.84. The molecule has 1 rings (SSSR count). The zero-order valence-electron chi connectivity index (χ0n) is 15.2. The number of nitrogens with one attached hydrogen (secondary N) is 1. The third-order valence-corrected chi connectivity index (χ3v) is 4.13. The molecule has 0 saturated heterocycles. The summed E-state index contributed by atoms with van der Waals surface area (Å²) in [5.74, 6) is -1.20. The van der Waals surface area contributed by atoms with Gasteiger partial charge in [0, 0.05) is 16.9 Å². The molecular formula is C18H27BrN2O3. The summed E-state index contributed by atoms with van der Waals surface area (Å²) in [4.78, 5) is 28.2. The quantitative estimate of drug-likeness (QED) is 0.727. The molecule has 1 aromatic rings. The molecule has 1 heterocycles. The van der Waals surface area contributed by atoms with E-state index in [1.54, 1.807) is 12.3 Å². The van der Waals surface area contributed by atoms with Crippen molar-refractivity contribution in [3.8, 4) is 0 Å². The number of aryl methyl sites for hydroxylation is 1. The molecule has 0 fully saturated rings. The van der Waals surface area contributed by atoms with E-state index in [0.717, 1.165) is 5.56 Å². The molecule has 2 N–H and O–H groups in total. The molecule has 6 heteroatoms. The minimum absolute atomic E-state index is 0.127. The Kier molecular flexibility index (Phi) is 6.56. The maximum atomic E-state index is 12.1. The van der Waals surface area contributed by atoms with Gasteiger partial charge in [-0.3, -0.25) is 9.59 Å². The van der Waals surface area contributed by atoms with Crippen molar-refractivity contribution in [1.29, 1.82) is 0 Å². The fraction of sp³-hybridized carbons (Fsp3) is 0.611. The van der Waals surface area contributed by atoms with Gasteiger partial charge in [0.15, 0.2) is 0 Å². The van der Waals surface area contributed by atoms with Crippen molar-refractivity contribution in [1.82, 2.24) is 4.98 Å². The summed E-state index contributed by atoms with van der Waals surface area (Å²) < 4.78 is 0. The van der Waals surface area contributed by atoms with Crippen molar-refractivity contribution in [2.24, 2.45) is 10.8 Å². The number of nitrogens with zero attached hydrogens (tertiary/aromatic N) is 1. The van der Waals surface area contributed by atoms with E-state index in [2.05, 4.69) is 26.2 Å². The van der Waals surface area contributed by atoms with E-state index in [9.17, 15) is 14.7 Å². The topological polar surface area (TPSA) is 79.3 Å². The van der Waals surface area contributed by atoms with Crippen LogP contribution in [0.3, 0.4) is 0 Å². The van der Waals surface area contributed by atoms with Crippen LogP contribution in [0.2, 0.25) is 0 Å². The molecule has 0 aliphatic heterocycles. The van der Waals surface area contributed by atoms with Crippen LogP contribution in [0.5, 0.6) is 0 Å². The van der Waals surface area contributed by atoms with Crippen molar-refractivity contribution in [3.05, 3.63) is 23.4 Å². The van der Waals surface area contributed by atoms with Crippen LogP contribution in [0.4, 0.5) is 5.82 Å². The van der Waals surface area contributed by atoms with Gasteiger partial charge in [-0.1, -0.05) is 57.5 Å². The van der Waals surface area contributed by atoms with Crippen LogP contribution in [0, 0.1) is 10.8 Å². The Hall–Kier alpha value is -1.43. The average Bonchev–Trinajstić information content (AvgIpc) is 2.38. The first-order chi connectivity index (χ1) is 10.9. The van der Waals surface area contributed by atoms with Crippen LogP contribution in [-0.2, 0) is 16.0 Å². The summed E-state index contributed by atoms with van der Waals surface area (Å²) >= 11 is 3.41. The highest BCUT2D eigenvalue weighted by Gasteiger charge is 2.34. The number of carbonyl (C=O) groups is 2. The Labute approximate surface area is 152 Å². The van der Waals surface area contributed by atoms with Crippen molar-refractivity contribution < 1.29 is 14.7 Å². The lowest BCUT2D eigenvalue weighted by atomic mass is 9.75. The number of halogens is 1. The lowest BCUT2D eigenvalue weighted by molar-refractivity contribution is -0.141. The summed E-state index contributed by atoms with van der Waals surface area (Å²) in [6.07, 6.45) is 2.25. The van der Waals surface area contributed by atoms with Gasteiger partial charge in [-0.15, -0.1) is 0 Å². The van der Waals surface area contributed by atoms with Gasteiger partial charge in [0.25, 0.3) is 0 Å². The minimum Gasteiger partial charge on any atom is -0.481 e. The Morgan fingerprint density at radius 3 is 2.25 bits per heavy atom. The predicted octanol–water partition coefficient (Wildman–Crippen LogP) is 4.22. The molecule has 0 aromatic carbocycles. The van der Waals surface area contributed by atoms with E-state index in [1.807, 2.05) is 41.5 Å². The molecular weight excluding hydrogens is 372 g/mol. The first-order valence-corrected chi connectivity index (χ1v) is 9.09. The number of hydrogen-bond acceptors (Lipinski definition) is 3. The smallest absolute Gasteiger partial charge is 0.311 e. The number of carbonyl (C=O) groups excluding carboxylic acids is 1. The molecule has 1 unspecified atom stereocenters. The highest BCUT2D eigenvalue weighted by Crippen LogP contribution is 2.37. The number of carboxylic acids is 1. The number of aromatic nitrogens is 1. The van der Waals surface area contributed by atoms with Crippen LogP contribution in [0.25, 0.3) is 0 Å². The molecule has 134 valence electrons. The van der Waals surface area contributed by atoms with Crippen LogP contribution in [-0.4, -0.2) is 27.3 Å². The molecule has 1 amide bonds. The van der Waals surface area contributed by atoms with Crippen LogP contribution in [0.15, 0.2) is 12.3 Å². The fourth-order valence-corrected chi connectivity index (χ4v) is 2.86. The lowest BCUT2D eigenvalue weighted by Gasteiger charge is -2.29. The van der Waals surface area contributed by atoms with Gasteiger partial charge in [0.2, 0.25) is 5.91 Å². The highest BCUT2D eigenvalue weighted by atomic mass is 79.9. The summed E-state index contributed by atoms with van der Waals surface area (Å²) in [5.41, 5.74) is 0.618. The number of aliphatic carboxylic acids is 1. The third-order valence-electron chi connectivity index (χ3n) is 3.74. The van der Waals surface area contributed by atoms with E-state index in [-0.39, 0.29) is 5.91 Å². The number of rotatable bonds is 5. The molecule has 0 bridgehead atoms. The third kappa shape index (κ3) is 5.30. The number of hydrogen-bond donors (Lipinski definition) is 2. The van der Waals surface area contributed by atoms with Crippen molar-refractivity contribution in [2.75, 3.05) is 10.6 Å². The number of carboxylic acid groups (broad SMARTS) is 1. The SMILES string of the molecule is CC(C)(C)C(=O)Nc1cc(CCBr)c(C(C(=O)O)C(C)(C)C)cn1. The molecule has 0 aliphatic carbocycles. The fourth-order valence-electron chi connectivity index (χ4n) is 2.43. The number of anilines is 1. The van der Waals surface area contributed by atoms with E-state index in [4.69, 9.17) is 0 Å². The van der Waals surface area contributed by atoms with Crippen LogP contribution >= 0.6 is 15.9 Å². The molecule has 0 spiro atoms. The Balaban J connectivity index is 3.29. The lowest BCUT2D eigenvalue weighted by Crippen LogP contribution is -2.29. The average molecular weight is 399 g/mol. The van der Waals surface area contributed by atoms with Gasteiger partial charge in [0.05, 0.1) is 5.92 Å². The first-order valence-electron chi connectivity index (χ1n) is 7.97. The Bertz CT molecular complexity index is 616. The Morgan fingerprint density at radius 1 is 1.25 bits per heavy atom. The monoisotopic (exact) mass is 398 g/mol. The van der Waals surface area contributed by atoms with Crippen molar-refractivity contribution >= 4 is 33.6 Å². The molecule has 0 saturated carbocycles. The molecule has 5 nitrogen and oxygen atoms in total. The molecule has 0 aliphatic rings. The standard InChI is InChI=1S/C18H27BrN2O3/c1-17(2,3)14(15(22)23)12-10-20-13(9-11(12)7-8-19)21-16(24)18(4,5)6/h9-10,14H,7-8H2,1-6H3,(H,22,23)(H,20,21,24). The Morgan fingerprint density at radius 2 is 1.83 bits per heavy atom. The second kappa shape index (κ2) is 7.64. The van der Waals surface area contributed by atoms with Gasteiger partial charge in [-0.25, -0.2) is 4.98 Å². The molecule has 0 radical (unpaired) electrons. The van der Waals surface area contributed by atoms with Gasteiger partial charge in [0.1, 0.15) is 5.82 Å². The van der Waals surface area contributed by atoms with E-state index in [1.165, 1.54) is 0 Å². The largest absolute Gasteiger partial charge is 0.481 e. The normalized spacial score (nSPS) is 13.5. The maximum absolute atomic E-state index is 12.1. The number of alkyl halides is 1. The van der Waals surface area contributed by atoms with Crippen molar-refractivity contribution in [3.63, 3.8) is 0 Å². The van der Waals surface area contributed by atoms with Crippen LogP contribution in [0.1, 0.15) is 58.6 Å². The summed E-state index contributed by atoms with van der Waals surface area (Å²) in [6.45, 7) is 11.2. The van der Waals surface area contributed by atoms with Gasteiger partial charge in [-0.05, 0) is 29.0 Å². The maximum Gasteiger partial charge on any atom is 0.311 e. The van der Waals surface area contributed by atoms with E-state index >= 15 is 0 Å². The molecule has 1 aromatic heterocycles. The summed E-state index contributed by atoms with van der Waals surface area (Å²) in [5, 5.41) is 13.2. The zero-order chi connectivity index (χ0) is 18.7. The predicted molar refractivity (Wildman–Crippen MR) is 99.7 cm³/mol. The van der Waals surface area contributed by atoms with E-state index in [0.29, 0.717) is 23.1 Å². The zero-order valence-corrected chi connectivity index (χ0v) is 16.8. The van der Waals surface area contributed by atoms with Crippen LogP contribution < -0.4 is 5.32 Å². The van der Waals surface area contributed by atoms with Gasteiger partial charge >= 0.3 is 5.97 Å². The summed E-state index contributed by atoms with van der Waals surface area (Å²) in [6, 6.07) is 1.78. The summed E-state index contributed by atoms with van der Waals surface area (Å²) in [7, 11) is 0. The van der Waals surface area contributed by atoms with Crippen molar-refractivity contribution in [2.45, 2.75) is 53.9 Å². The van der Waals surface area contributed by atoms with Gasteiger partial charge in [-0.2, -0.15) is 0 Å². The van der Waals surface area contributed by atoms with E-state index < -0.39 is 22.7 Å². The second-order valence-electron chi connectivity index (χ2n) is 8.05. The number of amides is 1. The number of pyridine rings is 1. The molecule has 24 heavy (non-hydrogen) atoms. The molecule has 1 atom stereocenters. The van der Waals surface area contributed by atoms with Gasteiger partial charge < -0.3 is 10.4 Å². The minimum atomic E-state index is -0.869. The first kappa shape index (κ1) is 20.6. The highest BCUT2D eigenvalue weighted by molar-refractivity contribution is 9.09.